The predicted octanol–water partition coefficient (Wildman–Crippen LogP) is 4.15. The maximum absolute atomic E-state index is 13.4. The van der Waals surface area contributed by atoms with Crippen LogP contribution in [-0.2, 0) is 11.3 Å². The molecule has 124 valence electrons. The third-order valence-electron chi connectivity index (χ3n) is 4.02. The molecule has 6 heteroatoms. The summed E-state index contributed by atoms with van der Waals surface area (Å²) in [5.41, 5.74) is 2.72. The molecule has 0 aliphatic carbocycles. The van der Waals surface area contributed by atoms with Gasteiger partial charge in [0, 0.05) is 23.6 Å². The Hall–Kier alpha value is -2.86. The van der Waals surface area contributed by atoms with Gasteiger partial charge in [-0.2, -0.15) is 0 Å². The van der Waals surface area contributed by atoms with Crippen molar-refractivity contribution >= 4 is 39.9 Å². The van der Waals surface area contributed by atoms with Crippen molar-refractivity contribution in [3.05, 3.63) is 76.6 Å². The molecule has 1 saturated heterocycles. The maximum Gasteiger partial charge on any atom is 0.290 e. The van der Waals surface area contributed by atoms with Crippen LogP contribution in [0.5, 0.6) is 0 Å². The average molecular weight is 352 g/mol. The summed E-state index contributed by atoms with van der Waals surface area (Å²) in [5.74, 6) is -0.625. The SMILES string of the molecule is O=C1NC(=O)C(=Cc2cccc3c2ccn3Cc2cccc(F)c2)S1. The van der Waals surface area contributed by atoms with Gasteiger partial charge in [0.2, 0.25) is 0 Å². The fourth-order valence-electron chi connectivity index (χ4n) is 2.91. The van der Waals surface area contributed by atoms with Crippen LogP contribution in [0.3, 0.4) is 0 Å². The van der Waals surface area contributed by atoms with E-state index < -0.39 is 0 Å². The standard InChI is InChI=1S/C19H13FN2O2S/c20-14-5-1-3-12(9-14)11-22-8-7-15-13(4-2-6-16(15)22)10-17-18(23)21-19(24)25-17/h1-10H,11H2,(H,21,23,24). The van der Waals surface area contributed by atoms with Gasteiger partial charge in [-0.15, -0.1) is 0 Å². The number of amides is 2. The number of nitrogens with one attached hydrogen (secondary N) is 1. The largest absolute Gasteiger partial charge is 0.343 e. The Morgan fingerprint density at radius 3 is 2.72 bits per heavy atom. The van der Waals surface area contributed by atoms with Crippen molar-refractivity contribution in [2.24, 2.45) is 0 Å². The molecular formula is C19H13FN2O2S. The molecule has 2 amide bonds. The normalized spacial score (nSPS) is 16.0. The molecular weight excluding hydrogens is 339 g/mol. The van der Waals surface area contributed by atoms with Gasteiger partial charge >= 0.3 is 0 Å². The van der Waals surface area contributed by atoms with Gasteiger partial charge in [0.25, 0.3) is 11.1 Å². The second-order valence-electron chi connectivity index (χ2n) is 5.71. The Kier molecular flexibility index (Phi) is 3.89. The number of carbonyl (C=O) groups excluding carboxylic acids is 2. The molecule has 25 heavy (non-hydrogen) atoms. The van der Waals surface area contributed by atoms with E-state index in [1.807, 2.05) is 41.1 Å². The maximum atomic E-state index is 13.4. The second kappa shape index (κ2) is 6.22. The zero-order valence-electron chi connectivity index (χ0n) is 13.0. The molecule has 1 aliphatic rings. The molecule has 3 aromatic rings. The highest BCUT2D eigenvalue weighted by Gasteiger charge is 2.25. The minimum absolute atomic E-state index is 0.256. The lowest BCUT2D eigenvalue weighted by Gasteiger charge is -2.07. The summed E-state index contributed by atoms with van der Waals surface area (Å²) in [6.45, 7) is 0.551. The molecule has 1 aliphatic heterocycles. The van der Waals surface area contributed by atoms with E-state index in [9.17, 15) is 14.0 Å². The summed E-state index contributed by atoms with van der Waals surface area (Å²) in [5, 5.41) is 2.87. The van der Waals surface area contributed by atoms with Crippen molar-refractivity contribution in [3.63, 3.8) is 0 Å². The highest BCUT2D eigenvalue weighted by atomic mass is 32.2. The summed E-state index contributed by atoms with van der Waals surface area (Å²) in [6.07, 6.45) is 3.66. The van der Waals surface area contributed by atoms with Gasteiger partial charge in [0.1, 0.15) is 5.82 Å². The Bertz CT molecular complexity index is 1040. The van der Waals surface area contributed by atoms with Crippen LogP contribution in [0.25, 0.3) is 17.0 Å². The Balaban J connectivity index is 1.72. The minimum Gasteiger partial charge on any atom is -0.343 e. The lowest BCUT2D eigenvalue weighted by molar-refractivity contribution is -0.115. The topological polar surface area (TPSA) is 51.1 Å². The fourth-order valence-corrected chi connectivity index (χ4v) is 3.58. The van der Waals surface area contributed by atoms with E-state index in [0.717, 1.165) is 33.8 Å². The van der Waals surface area contributed by atoms with Crippen LogP contribution in [-0.4, -0.2) is 15.7 Å². The van der Waals surface area contributed by atoms with Crippen LogP contribution in [0.1, 0.15) is 11.1 Å². The third kappa shape index (κ3) is 3.08. The van der Waals surface area contributed by atoms with Crippen molar-refractivity contribution in [2.45, 2.75) is 6.54 Å². The first-order valence-corrected chi connectivity index (χ1v) is 8.49. The first-order valence-electron chi connectivity index (χ1n) is 7.67. The van der Waals surface area contributed by atoms with Crippen molar-refractivity contribution < 1.29 is 14.0 Å². The van der Waals surface area contributed by atoms with Crippen LogP contribution in [0.4, 0.5) is 9.18 Å². The van der Waals surface area contributed by atoms with Crippen LogP contribution < -0.4 is 5.32 Å². The van der Waals surface area contributed by atoms with E-state index in [0.29, 0.717) is 11.4 Å². The first kappa shape index (κ1) is 15.7. The summed E-state index contributed by atoms with van der Waals surface area (Å²) in [7, 11) is 0. The number of benzene rings is 2. The van der Waals surface area contributed by atoms with E-state index in [1.165, 1.54) is 12.1 Å². The summed E-state index contributed by atoms with van der Waals surface area (Å²) < 4.78 is 15.4. The lowest BCUT2D eigenvalue weighted by atomic mass is 10.1. The van der Waals surface area contributed by atoms with Gasteiger partial charge < -0.3 is 4.57 Å². The number of aromatic nitrogens is 1. The number of nitrogens with zero attached hydrogens (tertiary/aromatic N) is 1. The fraction of sp³-hybridized carbons (Fsp3) is 0.0526. The van der Waals surface area contributed by atoms with Gasteiger partial charge in [-0.3, -0.25) is 14.9 Å². The Morgan fingerprint density at radius 1 is 1.12 bits per heavy atom. The van der Waals surface area contributed by atoms with Crippen molar-refractivity contribution in [1.29, 1.82) is 0 Å². The van der Waals surface area contributed by atoms with Gasteiger partial charge in [0.15, 0.2) is 0 Å². The van der Waals surface area contributed by atoms with E-state index >= 15 is 0 Å². The number of imide groups is 1. The highest BCUT2D eigenvalue weighted by molar-refractivity contribution is 8.18. The van der Waals surface area contributed by atoms with Gasteiger partial charge in [-0.1, -0.05) is 24.3 Å². The zero-order chi connectivity index (χ0) is 17.4. The molecule has 0 spiro atoms. The number of halogens is 1. The molecule has 1 aromatic heterocycles. The smallest absolute Gasteiger partial charge is 0.290 e. The molecule has 2 aromatic carbocycles. The molecule has 4 nitrogen and oxygen atoms in total. The lowest BCUT2D eigenvalue weighted by Crippen LogP contribution is -2.17. The summed E-state index contributed by atoms with van der Waals surface area (Å²) in [6, 6.07) is 14.2. The average Bonchev–Trinajstić information content (AvgIpc) is 3.12. The molecule has 0 radical (unpaired) electrons. The van der Waals surface area contributed by atoms with Crippen molar-refractivity contribution in [2.75, 3.05) is 0 Å². The number of hydrogen-bond donors (Lipinski definition) is 1. The van der Waals surface area contributed by atoms with Crippen LogP contribution in [0.2, 0.25) is 0 Å². The minimum atomic E-state index is -0.369. The molecule has 1 fully saturated rings. The van der Waals surface area contributed by atoms with E-state index in [-0.39, 0.29) is 17.0 Å². The number of hydrogen-bond acceptors (Lipinski definition) is 3. The number of carbonyl (C=O) groups is 2. The molecule has 4 rings (SSSR count). The molecule has 2 heterocycles. The van der Waals surface area contributed by atoms with E-state index in [2.05, 4.69) is 5.32 Å². The predicted molar refractivity (Wildman–Crippen MR) is 96.5 cm³/mol. The van der Waals surface area contributed by atoms with Gasteiger partial charge in [-0.25, -0.2) is 4.39 Å². The third-order valence-corrected chi connectivity index (χ3v) is 4.83. The number of rotatable bonds is 3. The second-order valence-corrected chi connectivity index (χ2v) is 6.72. The molecule has 0 unspecified atom stereocenters. The van der Waals surface area contributed by atoms with Crippen LogP contribution >= 0.6 is 11.8 Å². The number of thioether (sulfide) groups is 1. The molecule has 0 atom stereocenters. The first-order chi connectivity index (χ1) is 12.1. The monoisotopic (exact) mass is 352 g/mol. The molecule has 1 N–H and O–H groups in total. The molecule has 0 saturated carbocycles. The van der Waals surface area contributed by atoms with Crippen LogP contribution in [0, 0.1) is 5.82 Å². The van der Waals surface area contributed by atoms with Crippen molar-refractivity contribution in [1.82, 2.24) is 9.88 Å². The molecule has 0 bridgehead atoms. The Morgan fingerprint density at radius 2 is 1.96 bits per heavy atom. The summed E-state index contributed by atoms with van der Waals surface area (Å²) >= 11 is 0.901. The van der Waals surface area contributed by atoms with Crippen LogP contribution in [0.15, 0.2) is 59.6 Å². The quantitative estimate of drug-likeness (QED) is 0.721. The van der Waals surface area contributed by atoms with E-state index in [1.54, 1.807) is 12.1 Å². The highest BCUT2D eigenvalue weighted by Crippen LogP contribution is 2.29. The number of fused-ring (bicyclic) bond motifs is 1. The van der Waals surface area contributed by atoms with Gasteiger partial charge in [0.05, 0.1) is 4.91 Å². The summed E-state index contributed by atoms with van der Waals surface area (Å²) in [4.78, 5) is 23.4. The van der Waals surface area contributed by atoms with Gasteiger partial charge in [-0.05, 0) is 53.2 Å². The Labute approximate surface area is 147 Å². The van der Waals surface area contributed by atoms with Crippen molar-refractivity contribution in [3.8, 4) is 0 Å². The van der Waals surface area contributed by atoms with E-state index in [4.69, 9.17) is 0 Å². The zero-order valence-corrected chi connectivity index (χ0v) is 13.8.